The molecule has 0 saturated carbocycles. The number of hydrogen-bond donors (Lipinski definition) is 1. The summed E-state index contributed by atoms with van der Waals surface area (Å²) in [6, 6.07) is 1.61. The molecule has 1 aromatic rings. The van der Waals surface area contributed by atoms with E-state index < -0.39 is 0 Å². The lowest BCUT2D eigenvalue weighted by atomic mass is 9.93. The predicted molar refractivity (Wildman–Crippen MR) is 57.5 cm³/mol. The summed E-state index contributed by atoms with van der Waals surface area (Å²) in [7, 11) is 3.79. The van der Waals surface area contributed by atoms with Crippen LogP contribution in [0.4, 0.5) is 5.69 Å². The molecule has 15 heavy (non-hydrogen) atoms. The van der Waals surface area contributed by atoms with E-state index in [-0.39, 0.29) is 11.7 Å². The molecular weight excluding hydrogens is 192 g/mol. The van der Waals surface area contributed by atoms with Gasteiger partial charge >= 0.3 is 0 Å². The van der Waals surface area contributed by atoms with Gasteiger partial charge in [0.15, 0.2) is 5.78 Å². The van der Waals surface area contributed by atoms with Crippen molar-refractivity contribution in [2.45, 2.75) is 19.3 Å². The van der Waals surface area contributed by atoms with Crippen molar-refractivity contribution < 1.29 is 9.90 Å². The molecule has 0 unspecified atom stereocenters. The van der Waals surface area contributed by atoms with Gasteiger partial charge in [0.25, 0.3) is 0 Å². The molecule has 0 radical (unpaired) electrons. The largest absolute Gasteiger partial charge is 0.493 e. The van der Waals surface area contributed by atoms with E-state index in [0.717, 1.165) is 24.1 Å². The number of carbonyl (C=O) groups excluding carboxylic acids is 1. The average Bonchev–Trinajstić information content (AvgIpc) is 2.18. The highest BCUT2D eigenvalue weighted by molar-refractivity contribution is 5.98. The van der Waals surface area contributed by atoms with Crippen molar-refractivity contribution in [3.63, 3.8) is 0 Å². The first kappa shape index (κ1) is 9.96. The number of aromatic nitrogens is 1. The topological polar surface area (TPSA) is 53.4 Å². The van der Waals surface area contributed by atoms with Crippen LogP contribution in [0.5, 0.6) is 5.88 Å². The molecule has 0 saturated heterocycles. The summed E-state index contributed by atoms with van der Waals surface area (Å²) >= 11 is 0. The number of ketones is 1. The molecule has 0 bridgehead atoms. The molecular formula is C11H14N2O2. The van der Waals surface area contributed by atoms with Crippen LogP contribution in [0.3, 0.4) is 0 Å². The molecule has 1 aliphatic rings. The van der Waals surface area contributed by atoms with Gasteiger partial charge in [0.1, 0.15) is 5.69 Å². The van der Waals surface area contributed by atoms with Crippen molar-refractivity contribution in [3.05, 3.63) is 17.3 Å². The molecule has 1 aliphatic carbocycles. The molecule has 0 amide bonds. The minimum Gasteiger partial charge on any atom is -0.493 e. The van der Waals surface area contributed by atoms with Crippen LogP contribution >= 0.6 is 0 Å². The molecule has 1 N–H and O–H groups in total. The Morgan fingerprint density at radius 1 is 1.40 bits per heavy atom. The van der Waals surface area contributed by atoms with E-state index in [9.17, 15) is 9.90 Å². The van der Waals surface area contributed by atoms with E-state index in [1.165, 1.54) is 0 Å². The summed E-state index contributed by atoms with van der Waals surface area (Å²) in [4.78, 5) is 17.4. The van der Waals surface area contributed by atoms with Crippen LogP contribution in [-0.4, -0.2) is 30.0 Å². The van der Waals surface area contributed by atoms with Crippen molar-refractivity contribution >= 4 is 11.5 Å². The number of hydrogen-bond acceptors (Lipinski definition) is 4. The maximum absolute atomic E-state index is 11.6. The first-order valence-corrected chi connectivity index (χ1v) is 5.03. The lowest BCUT2D eigenvalue weighted by Gasteiger charge is -2.22. The van der Waals surface area contributed by atoms with Gasteiger partial charge in [-0.1, -0.05) is 0 Å². The minimum absolute atomic E-state index is 0.0373. The fraction of sp³-hybridized carbons (Fsp3) is 0.455. The number of Topliss-reactive ketones (excluding diaryl/α,β-unsaturated/α-hetero) is 1. The summed E-state index contributed by atoms with van der Waals surface area (Å²) < 4.78 is 0. The molecule has 80 valence electrons. The normalized spacial score (nSPS) is 14.9. The molecule has 0 atom stereocenters. The quantitative estimate of drug-likeness (QED) is 0.754. The lowest BCUT2D eigenvalue weighted by molar-refractivity contribution is 0.0966. The van der Waals surface area contributed by atoms with Gasteiger partial charge in [-0.25, -0.2) is 4.98 Å². The maximum Gasteiger partial charge on any atom is 0.213 e. The zero-order chi connectivity index (χ0) is 11.0. The van der Waals surface area contributed by atoms with E-state index >= 15 is 0 Å². The Hall–Kier alpha value is -1.58. The Morgan fingerprint density at radius 2 is 2.13 bits per heavy atom. The second-order valence-electron chi connectivity index (χ2n) is 4.00. The van der Waals surface area contributed by atoms with Crippen LogP contribution in [-0.2, 0) is 6.42 Å². The van der Waals surface area contributed by atoms with Crippen LogP contribution < -0.4 is 4.90 Å². The number of fused-ring (bicyclic) bond motifs is 1. The van der Waals surface area contributed by atoms with Crippen LogP contribution in [0.25, 0.3) is 0 Å². The van der Waals surface area contributed by atoms with E-state index in [1.807, 2.05) is 19.0 Å². The predicted octanol–water partition coefficient (Wildman–Crippen LogP) is 1.37. The second-order valence-corrected chi connectivity index (χ2v) is 4.00. The third-order valence-electron chi connectivity index (χ3n) is 2.66. The summed E-state index contributed by atoms with van der Waals surface area (Å²) in [5.41, 5.74) is 2.31. The van der Waals surface area contributed by atoms with Crippen molar-refractivity contribution in [1.82, 2.24) is 4.98 Å². The van der Waals surface area contributed by atoms with E-state index in [4.69, 9.17) is 0 Å². The Balaban J connectivity index is 2.62. The van der Waals surface area contributed by atoms with Crippen molar-refractivity contribution in [3.8, 4) is 5.88 Å². The number of nitrogens with zero attached hydrogens (tertiary/aromatic N) is 2. The van der Waals surface area contributed by atoms with Gasteiger partial charge in [0, 0.05) is 37.8 Å². The molecule has 4 nitrogen and oxygen atoms in total. The highest BCUT2D eigenvalue weighted by Crippen LogP contribution is 2.30. The molecule has 1 aromatic heterocycles. The van der Waals surface area contributed by atoms with Crippen molar-refractivity contribution in [1.29, 1.82) is 0 Å². The van der Waals surface area contributed by atoms with E-state index in [1.54, 1.807) is 6.07 Å². The smallest absolute Gasteiger partial charge is 0.213 e. The zero-order valence-corrected chi connectivity index (χ0v) is 8.95. The fourth-order valence-corrected chi connectivity index (χ4v) is 1.97. The molecule has 0 aromatic carbocycles. The van der Waals surface area contributed by atoms with Gasteiger partial charge in [-0.2, -0.15) is 0 Å². The monoisotopic (exact) mass is 206 g/mol. The molecule has 1 heterocycles. The second kappa shape index (κ2) is 3.53. The minimum atomic E-state index is -0.0762. The number of anilines is 1. The third-order valence-corrected chi connectivity index (χ3v) is 2.66. The number of rotatable bonds is 1. The standard InChI is InChI=1S/C11H14N2O2/c1-13(2)8-6-10(15)12-11-7(8)4-3-5-9(11)14/h6H,3-5H2,1-2H3,(H,12,15). The molecule has 2 rings (SSSR count). The molecule has 4 heteroatoms. The first-order valence-electron chi connectivity index (χ1n) is 5.03. The van der Waals surface area contributed by atoms with Crippen molar-refractivity contribution in [2.24, 2.45) is 0 Å². The number of pyridine rings is 1. The summed E-state index contributed by atoms with van der Waals surface area (Å²) in [5.74, 6) is -0.0389. The summed E-state index contributed by atoms with van der Waals surface area (Å²) in [5, 5.41) is 9.45. The van der Waals surface area contributed by atoms with Gasteiger partial charge in [-0.05, 0) is 12.8 Å². The Kier molecular flexibility index (Phi) is 2.34. The Labute approximate surface area is 88.6 Å². The SMILES string of the molecule is CN(C)c1cc(O)nc2c1CCCC2=O. The summed E-state index contributed by atoms with van der Waals surface area (Å²) in [6.45, 7) is 0. The first-order chi connectivity index (χ1) is 7.09. The molecule has 0 aliphatic heterocycles. The van der Waals surface area contributed by atoms with Gasteiger partial charge in [0.2, 0.25) is 5.88 Å². The van der Waals surface area contributed by atoms with Gasteiger partial charge in [-0.15, -0.1) is 0 Å². The van der Waals surface area contributed by atoms with E-state index in [2.05, 4.69) is 4.98 Å². The van der Waals surface area contributed by atoms with Crippen LogP contribution in [0, 0.1) is 0 Å². The molecule has 0 spiro atoms. The highest BCUT2D eigenvalue weighted by Gasteiger charge is 2.23. The zero-order valence-electron chi connectivity index (χ0n) is 8.95. The highest BCUT2D eigenvalue weighted by atomic mass is 16.3. The van der Waals surface area contributed by atoms with Crippen LogP contribution in [0.1, 0.15) is 28.9 Å². The lowest BCUT2D eigenvalue weighted by Crippen LogP contribution is -2.19. The van der Waals surface area contributed by atoms with Crippen LogP contribution in [0.15, 0.2) is 6.07 Å². The van der Waals surface area contributed by atoms with E-state index in [0.29, 0.717) is 12.1 Å². The summed E-state index contributed by atoms with van der Waals surface area (Å²) in [6.07, 6.45) is 2.28. The number of aromatic hydroxyl groups is 1. The van der Waals surface area contributed by atoms with Crippen LogP contribution in [0.2, 0.25) is 0 Å². The average molecular weight is 206 g/mol. The Bertz CT molecular complexity index is 413. The molecule has 0 fully saturated rings. The Morgan fingerprint density at radius 3 is 2.80 bits per heavy atom. The number of carbonyl (C=O) groups is 1. The van der Waals surface area contributed by atoms with Gasteiger partial charge < -0.3 is 10.0 Å². The van der Waals surface area contributed by atoms with Crippen molar-refractivity contribution in [2.75, 3.05) is 19.0 Å². The van der Waals surface area contributed by atoms with Gasteiger partial charge in [0.05, 0.1) is 0 Å². The third kappa shape index (κ3) is 1.67. The maximum atomic E-state index is 11.6. The fourth-order valence-electron chi connectivity index (χ4n) is 1.97. The van der Waals surface area contributed by atoms with Gasteiger partial charge in [-0.3, -0.25) is 4.79 Å².